The van der Waals surface area contributed by atoms with Gasteiger partial charge in [0, 0.05) is 16.3 Å². The van der Waals surface area contributed by atoms with E-state index in [2.05, 4.69) is 24.4 Å². The van der Waals surface area contributed by atoms with Crippen molar-refractivity contribution < 1.29 is 0 Å². The second-order valence-electron chi connectivity index (χ2n) is 4.13. The molecule has 1 aromatic rings. The fourth-order valence-electron chi connectivity index (χ4n) is 2.49. The molecule has 1 unspecified atom stereocenters. The molecule has 1 nitrogen and oxygen atoms in total. The molecule has 1 heterocycles. The van der Waals surface area contributed by atoms with Crippen molar-refractivity contribution >= 4 is 11.3 Å². The highest BCUT2D eigenvalue weighted by atomic mass is 32.1. The van der Waals surface area contributed by atoms with Crippen molar-refractivity contribution in [2.45, 2.75) is 44.1 Å². The van der Waals surface area contributed by atoms with Crippen molar-refractivity contribution in [1.29, 1.82) is 0 Å². The van der Waals surface area contributed by atoms with Gasteiger partial charge in [-0.1, -0.05) is 18.9 Å². The Balaban J connectivity index is 2.33. The van der Waals surface area contributed by atoms with Gasteiger partial charge in [0.15, 0.2) is 0 Å². The summed E-state index contributed by atoms with van der Waals surface area (Å²) in [5.74, 6) is 0. The minimum atomic E-state index is 0.300. The van der Waals surface area contributed by atoms with Crippen LogP contribution in [0, 0.1) is 0 Å². The number of hydrogen-bond donors (Lipinski definition) is 1. The third-order valence-corrected chi connectivity index (χ3v) is 4.47. The molecule has 1 aliphatic carbocycles. The molecule has 1 aromatic heterocycles. The zero-order valence-corrected chi connectivity index (χ0v) is 8.94. The van der Waals surface area contributed by atoms with E-state index in [9.17, 15) is 0 Å². The average molecular weight is 195 g/mol. The van der Waals surface area contributed by atoms with Crippen molar-refractivity contribution in [2.24, 2.45) is 5.73 Å². The lowest BCUT2D eigenvalue weighted by Gasteiger charge is -2.32. The zero-order valence-electron chi connectivity index (χ0n) is 8.12. The van der Waals surface area contributed by atoms with Crippen LogP contribution in [0.1, 0.15) is 37.5 Å². The molecule has 1 atom stereocenters. The first-order chi connectivity index (χ1) is 6.26. The van der Waals surface area contributed by atoms with Crippen LogP contribution >= 0.6 is 11.3 Å². The molecule has 1 saturated carbocycles. The van der Waals surface area contributed by atoms with E-state index in [0.29, 0.717) is 11.5 Å². The third-order valence-electron chi connectivity index (χ3n) is 3.38. The highest BCUT2D eigenvalue weighted by Gasteiger charge is 2.39. The largest absolute Gasteiger partial charge is 0.327 e. The molecule has 72 valence electrons. The lowest BCUT2D eigenvalue weighted by atomic mass is 9.78. The molecule has 1 aliphatic rings. The van der Waals surface area contributed by atoms with Gasteiger partial charge in [-0.15, -0.1) is 11.3 Å². The maximum atomic E-state index is 6.13. The average Bonchev–Trinajstić information content (AvgIpc) is 2.75. The van der Waals surface area contributed by atoms with Crippen LogP contribution in [0.15, 0.2) is 17.5 Å². The van der Waals surface area contributed by atoms with Crippen molar-refractivity contribution in [3.63, 3.8) is 0 Å². The van der Waals surface area contributed by atoms with Crippen LogP contribution in [0.4, 0.5) is 0 Å². The normalized spacial score (nSPS) is 23.2. The first-order valence-corrected chi connectivity index (χ1v) is 5.93. The van der Waals surface area contributed by atoms with Crippen LogP contribution in [0.25, 0.3) is 0 Å². The molecule has 0 radical (unpaired) electrons. The van der Waals surface area contributed by atoms with E-state index in [1.807, 2.05) is 11.3 Å². The van der Waals surface area contributed by atoms with Gasteiger partial charge in [0.1, 0.15) is 0 Å². The Morgan fingerprint density at radius 1 is 1.46 bits per heavy atom. The molecule has 0 amide bonds. The standard InChI is InChI=1S/C11H17NS/c1-9(12)11(6-2-3-7-11)10-5-4-8-13-10/h4-5,8-9H,2-3,6-7,12H2,1H3. The summed E-state index contributed by atoms with van der Waals surface area (Å²) in [6, 6.07) is 4.69. The van der Waals surface area contributed by atoms with Crippen molar-refractivity contribution in [3.8, 4) is 0 Å². The topological polar surface area (TPSA) is 26.0 Å². The number of hydrogen-bond acceptors (Lipinski definition) is 2. The molecule has 1 fully saturated rings. The van der Waals surface area contributed by atoms with Crippen LogP contribution in [0.2, 0.25) is 0 Å². The second-order valence-corrected chi connectivity index (χ2v) is 5.08. The number of nitrogens with two attached hydrogens (primary N) is 1. The van der Waals surface area contributed by atoms with Crippen LogP contribution in [0.3, 0.4) is 0 Å². The summed E-state index contributed by atoms with van der Waals surface area (Å²) in [7, 11) is 0. The molecule has 2 rings (SSSR count). The Labute approximate surface area is 84.0 Å². The van der Waals surface area contributed by atoms with E-state index in [4.69, 9.17) is 5.73 Å². The van der Waals surface area contributed by atoms with E-state index in [1.54, 1.807) is 0 Å². The van der Waals surface area contributed by atoms with Crippen LogP contribution in [-0.2, 0) is 5.41 Å². The number of thiophene rings is 1. The van der Waals surface area contributed by atoms with E-state index in [1.165, 1.54) is 30.6 Å². The smallest absolute Gasteiger partial charge is 0.0195 e. The van der Waals surface area contributed by atoms with E-state index >= 15 is 0 Å². The zero-order chi connectivity index (χ0) is 9.31. The summed E-state index contributed by atoms with van der Waals surface area (Å²) >= 11 is 1.87. The third kappa shape index (κ3) is 1.42. The quantitative estimate of drug-likeness (QED) is 0.771. The van der Waals surface area contributed by atoms with E-state index in [0.717, 1.165) is 0 Å². The van der Waals surface area contributed by atoms with Crippen molar-refractivity contribution in [2.75, 3.05) is 0 Å². The molecule has 13 heavy (non-hydrogen) atoms. The fraction of sp³-hybridized carbons (Fsp3) is 0.636. The summed E-state index contributed by atoms with van der Waals surface area (Å²) in [4.78, 5) is 1.50. The van der Waals surface area contributed by atoms with Gasteiger partial charge >= 0.3 is 0 Å². The first kappa shape index (κ1) is 9.22. The molecule has 0 aliphatic heterocycles. The molecule has 2 N–H and O–H groups in total. The predicted octanol–water partition coefficient (Wildman–Crippen LogP) is 2.91. The predicted molar refractivity (Wildman–Crippen MR) is 58.1 cm³/mol. The van der Waals surface area contributed by atoms with Gasteiger partial charge in [-0.05, 0) is 31.2 Å². The lowest BCUT2D eigenvalue weighted by Crippen LogP contribution is -2.40. The Morgan fingerprint density at radius 2 is 2.15 bits per heavy atom. The highest BCUT2D eigenvalue weighted by molar-refractivity contribution is 7.10. The first-order valence-electron chi connectivity index (χ1n) is 5.05. The summed E-state index contributed by atoms with van der Waals surface area (Å²) in [5, 5.41) is 2.16. The molecular weight excluding hydrogens is 178 g/mol. The minimum Gasteiger partial charge on any atom is -0.327 e. The van der Waals surface area contributed by atoms with E-state index in [-0.39, 0.29) is 0 Å². The molecule has 0 saturated heterocycles. The van der Waals surface area contributed by atoms with Gasteiger partial charge in [0.2, 0.25) is 0 Å². The van der Waals surface area contributed by atoms with Gasteiger partial charge in [0.25, 0.3) is 0 Å². The van der Waals surface area contributed by atoms with Crippen molar-refractivity contribution in [1.82, 2.24) is 0 Å². The van der Waals surface area contributed by atoms with Gasteiger partial charge in [-0.25, -0.2) is 0 Å². The monoisotopic (exact) mass is 195 g/mol. The fourth-order valence-corrected chi connectivity index (χ4v) is 3.58. The summed E-state index contributed by atoms with van der Waals surface area (Å²) in [6.07, 6.45) is 5.26. The lowest BCUT2D eigenvalue weighted by molar-refractivity contribution is 0.376. The van der Waals surface area contributed by atoms with Crippen LogP contribution in [-0.4, -0.2) is 6.04 Å². The summed E-state index contributed by atoms with van der Waals surface area (Å²) < 4.78 is 0. The molecule has 0 aromatic carbocycles. The van der Waals surface area contributed by atoms with Gasteiger partial charge < -0.3 is 5.73 Å². The van der Waals surface area contributed by atoms with Gasteiger partial charge in [0.05, 0.1) is 0 Å². The Hall–Kier alpha value is -0.340. The maximum Gasteiger partial charge on any atom is 0.0195 e. The maximum absolute atomic E-state index is 6.13. The Morgan fingerprint density at radius 3 is 2.62 bits per heavy atom. The van der Waals surface area contributed by atoms with Gasteiger partial charge in [-0.3, -0.25) is 0 Å². The van der Waals surface area contributed by atoms with Crippen molar-refractivity contribution in [3.05, 3.63) is 22.4 Å². The van der Waals surface area contributed by atoms with E-state index < -0.39 is 0 Å². The highest BCUT2D eigenvalue weighted by Crippen LogP contribution is 2.44. The minimum absolute atomic E-state index is 0.300. The molecule has 2 heteroatoms. The van der Waals surface area contributed by atoms with Crippen LogP contribution < -0.4 is 5.73 Å². The molecule has 0 bridgehead atoms. The molecule has 0 spiro atoms. The number of rotatable bonds is 2. The van der Waals surface area contributed by atoms with Crippen LogP contribution in [0.5, 0.6) is 0 Å². The SMILES string of the molecule is CC(N)C1(c2cccs2)CCCC1. The Kier molecular flexibility index (Phi) is 2.43. The molecular formula is C11H17NS. The Bertz CT molecular complexity index is 258. The second kappa shape index (κ2) is 3.43. The van der Waals surface area contributed by atoms with Gasteiger partial charge in [-0.2, -0.15) is 0 Å². The summed E-state index contributed by atoms with van der Waals surface area (Å²) in [5.41, 5.74) is 6.44. The summed E-state index contributed by atoms with van der Waals surface area (Å²) in [6.45, 7) is 2.16.